The molecular weight excluding hydrogens is 505 g/mol. The summed E-state index contributed by atoms with van der Waals surface area (Å²) in [5.41, 5.74) is 5.85. The van der Waals surface area contributed by atoms with Gasteiger partial charge in [-0.25, -0.2) is 9.40 Å². The molecule has 0 unspecified atom stereocenters. The number of fused-ring (bicyclic) bond motifs is 1. The standard InChI is InChI=1S/C29H25BrFN3O/c1-17(2)29(35)34-26(21-11-7-8-12-23(21)31)16-25(33-34)27-18(3)32-24-14-13-20(30)15-22(24)28(27)19-9-5-4-6-10-19/h4-15,17,26H,16H2,1-3H3/t26-/m0/s1. The number of benzene rings is 3. The molecule has 0 fully saturated rings. The Hall–Kier alpha value is -3.38. The number of hydrogen-bond acceptors (Lipinski definition) is 3. The number of pyridine rings is 1. The van der Waals surface area contributed by atoms with Gasteiger partial charge in [0.15, 0.2) is 0 Å². The average Bonchev–Trinajstić information content (AvgIpc) is 3.28. The van der Waals surface area contributed by atoms with E-state index in [0.29, 0.717) is 12.0 Å². The Balaban J connectivity index is 1.75. The van der Waals surface area contributed by atoms with Gasteiger partial charge in [-0.15, -0.1) is 0 Å². The number of hydrogen-bond donors (Lipinski definition) is 0. The third kappa shape index (κ3) is 4.27. The van der Waals surface area contributed by atoms with Crippen molar-refractivity contribution in [3.05, 3.63) is 99.9 Å². The van der Waals surface area contributed by atoms with E-state index in [1.807, 2.05) is 51.1 Å². The van der Waals surface area contributed by atoms with Gasteiger partial charge < -0.3 is 0 Å². The van der Waals surface area contributed by atoms with E-state index in [4.69, 9.17) is 10.1 Å². The Kier molecular flexibility index (Phi) is 6.24. The van der Waals surface area contributed by atoms with Crippen molar-refractivity contribution in [2.24, 2.45) is 11.0 Å². The molecule has 3 aromatic carbocycles. The van der Waals surface area contributed by atoms with Crippen molar-refractivity contribution in [2.45, 2.75) is 33.2 Å². The number of hydrazone groups is 1. The molecule has 1 amide bonds. The van der Waals surface area contributed by atoms with E-state index < -0.39 is 6.04 Å². The Morgan fingerprint density at radius 3 is 2.46 bits per heavy atom. The molecule has 0 saturated carbocycles. The third-order valence-corrected chi connectivity index (χ3v) is 6.87. The van der Waals surface area contributed by atoms with Crippen LogP contribution < -0.4 is 0 Å². The molecule has 0 bridgehead atoms. The second-order valence-corrected chi connectivity index (χ2v) is 10.0. The van der Waals surface area contributed by atoms with Crippen molar-refractivity contribution in [3.8, 4) is 11.1 Å². The SMILES string of the molecule is Cc1nc2ccc(Br)cc2c(-c2ccccc2)c1C1=NN(C(=O)C(C)C)[C@H](c2ccccc2F)C1. The maximum Gasteiger partial charge on any atom is 0.245 e. The number of halogens is 2. The van der Waals surface area contributed by atoms with Crippen LogP contribution in [0, 0.1) is 18.7 Å². The summed E-state index contributed by atoms with van der Waals surface area (Å²) >= 11 is 3.61. The van der Waals surface area contributed by atoms with Crippen LogP contribution in [0.2, 0.25) is 0 Å². The molecule has 1 aromatic heterocycles. The topological polar surface area (TPSA) is 45.6 Å². The summed E-state index contributed by atoms with van der Waals surface area (Å²) in [6, 6.07) is 22.3. The highest BCUT2D eigenvalue weighted by molar-refractivity contribution is 9.10. The molecule has 0 saturated heterocycles. The first-order valence-corrected chi connectivity index (χ1v) is 12.4. The van der Waals surface area contributed by atoms with Gasteiger partial charge in [-0.2, -0.15) is 5.10 Å². The van der Waals surface area contributed by atoms with Crippen LogP contribution in [0.5, 0.6) is 0 Å². The fraction of sp³-hybridized carbons (Fsp3) is 0.207. The van der Waals surface area contributed by atoms with Crippen molar-refractivity contribution in [1.82, 2.24) is 9.99 Å². The number of nitrogens with zero attached hydrogens (tertiary/aromatic N) is 3. The normalized spacial score (nSPS) is 15.7. The molecule has 0 aliphatic carbocycles. The molecule has 35 heavy (non-hydrogen) atoms. The highest BCUT2D eigenvalue weighted by Crippen LogP contribution is 2.40. The highest BCUT2D eigenvalue weighted by Gasteiger charge is 2.37. The van der Waals surface area contributed by atoms with Crippen molar-refractivity contribution < 1.29 is 9.18 Å². The fourth-order valence-corrected chi connectivity index (χ4v) is 5.09. The van der Waals surface area contributed by atoms with Crippen LogP contribution in [0.15, 0.2) is 82.4 Å². The van der Waals surface area contributed by atoms with Gasteiger partial charge in [0.1, 0.15) is 5.82 Å². The largest absolute Gasteiger partial charge is 0.273 e. The van der Waals surface area contributed by atoms with Gasteiger partial charge in [-0.1, -0.05) is 78.3 Å². The molecule has 0 spiro atoms. The lowest BCUT2D eigenvalue weighted by Gasteiger charge is -2.23. The number of aryl methyl sites for hydroxylation is 1. The predicted molar refractivity (Wildman–Crippen MR) is 142 cm³/mol. The van der Waals surface area contributed by atoms with Crippen LogP contribution in [-0.2, 0) is 4.79 Å². The first-order chi connectivity index (χ1) is 16.8. The van der Waals surface area contributed by atoms with E-state index in [0.717, 1.165) is 43.5 Å². The maximum atomic E-state index is 14.9. The molecule has 4 nitrogen and oxygen atoms in total. The van der Waals surface area contributed by atoms with Crippen molar-refractivity contribution in [2.75, 3.05) is 0 Å². The van der Waals surface area contributed by atoms with Gasteiger partial charge in [0.05, 0.1) is 17.3 Å². The quantitative estimate of drug-likeness (QED) is 0.275. The van der Waals surface area contributed by atoms with Gasteiger partial charge in [0.2, 0.25) is 5.91 Å². The monoisotopic (exact) mass is 529 g/mol. The molecule has 0 radical (unpaired) electrons. The van der Waals surface area contributed by atoms with E-state index >= 15 is 0 Å². The Labute approximate surface area is 212 Å². The fourth-order valence-electron chi connectivity index (χ4n) is 4.73. The average molecular weight is 530 g/mol. The van der Waals surface area contributed by atoms with Crippen LogP contribution in [0.4, 0.5) is 4.39 Å². The van der Waals surface area contributed by atoms with Crippen LogP contribution in [0.3, 0.4) is 0 Å². The molecule has 6 heteroatoms. The van der Waals surface area contributed by atoms with E-state index in [1.54, 1.807) is 18.2 Å². The van der Waals surface area contributed by atoms with Crippen molar-refractivity contribution in [3.63, 3.8) is 0 Å². The summed E-state index contributed by atoms with van der Waals surface area (Å²) in [7, 11) is 0. The minimum atomic E-state index is -0.512. The lowest BCUT2D eigenvalue weighted by molar-refractivity contribution is -0.136. The summed E-state index contributed by atoms with van der Waals surface area (Å²) in [5.74, 6) is -0.743. The summed E-state index contributed by atoms with van der Waals surface area (Å²) in [6.45, 7) is 5.64. The summed E-state index contributed by atoms with van der Waals surface area (Å²) in [5, 5.41) is 7.30. The minimum absolute atomic E-state index is 0.135. The minimum Gasteiger partial charge on any atom is -0.273 e. The number of aromatic nitrogens is 1. The van der Waals surface area contributed by atoms with Crippen molar-refractivity contribution in [1.29, 1.82) is 0 Å². The molecule has 2 heterocycles. The maximum absolute atomic E-state index is 14.9. The Bertz CT molecular complexity index is 1470. The zero-order valence-electron chi connectivity index (χ0n) is 19.8. The second kappa shape index (κ2) is 9.34. The van der Waals surface area contributed by atoms with E-state index in [-0.39, 0.29) is 17.6 Å². The van der Waals surface area contributed by atoms with E-state index in [1.165, 1.54) is 11.1 Å². The van der Waals surface area contributed by atoms with Gasteiger partial charge in [0, 0.05) is 44.6 Å². The first-order valence-electron chi connectivity index (χ1n) is 11.7. The molecule has 0 N–H and O–H groups in total. The predicted octanol–water partition coefficient (Wildman–Crippen LogP) is 7.45. The summed E-state index contributed by atoms with van der Waals surface area (Å²) in [6.07, 6.45) is 0.404. The number of amides is 1. The van der Waals surface area contributed by atoms with Crippen LogP contribution in [0.25, 0.3) is 22.0 Å². The van der Waals surface area contributed by atoms with E-state index in [2.05, 4.69) is 34.1 Å². The molecule has 176 valence electrons. The lowest BCUT2D eigenvalue weighted by atomic mass is 9.89. The number of carbonyl (C=O) groups is 1. The van der Waals surface area contributed by atoms with Crippen molar-refractivity contribution >= 4 is 38.5 Å². The molecule has 4 aromatic rings. The zero-order valence-corrected chi connectivity index (χ0v) is 21.4. The summed E-state index contributed by atoms with van der Waals surface area (Å²) < 4.78 is 15.8. The van der Waals surface area contributed by atoms with Gasteiger partial charge >= 0.3 is 0 Å². The third-order valence-electron chi connectivity index (χ3n) is 6.37. The first kappa shape index (κ1) is 23.4. The van der Waals surface area contributed by atoms with Gasteiger partial charge in [-0.3, -0.25) is 9.78 Å². The number of rotatable bonds is 4. The van der Waals surface area contributed by atoms with E-state index in [9.17, 15) is 9.18 Å². The highest BCUT2D eigenvalue weighted by atomic mass is 79.9. The van der Waals surface area contributed by atoms with Gasteiger partial charge in [-0.05, 0) is 36.8 Å². The van der Waals surface area contributed by atoms with Crippen LogP contribution in [-0.4, -0.2) is 21.6 Å². The summed E-state index contributed by atoms with van der Waals surface area (Å²) in [4.78, 5) is 18.1. The zero-order chi connectivity index (χ0) is 24.7. The smallest absolute Gasteiger partial charge is 0.245 e. The van der Waals surface area contributed by atoms with Crippen LogP contribution >= 0.6 is 15.9 Å². The Morgan fingerprint density at radius 1 is 1.03 bits per heavy atom. The number of carbonyl (C=O) groups excluding carboxylic acids is 1. The molecule has 1 atom stereocenters. The molecule has 1 aliphatic heterocycles. The molecular formula is C29H25BrFN3O. The second-order valence-electron chi connectivity index (χ2n) is 9.10. The lowest BCUT2D eigenvalue weighted by Crippen LogP contribution is -2.31. The molecule has 1 aliphatic rings. The van der Waals surface area contributed by atoms with Crippen LogP contribution in [0.1, 0.15) is 43.1 Å². The molecule has 5 rings (SSSR count). The van der Waals surface area contributed by atoms with Gasteiger partial charge in [0.25, 0.3) is 0 Å². The Morgan fingerprint density at radius 2 is 1.74 bits per heavy atom.